The predicted octanol–water partition coefficient (Wildman–Crippen LogP) is 3.92. The van der Waals surface area contributed by atoms with Crippen LogP contribution in [0.4, 0.5) is 5.82 Å². The molecule has 1 aliphatic carbocycles. The van der Waals surface area contributed by atoms with Gasteiger partial charge in [0.1, 0.15) is 17.0 Å². The van der Waals surface area contributed by atoms with E-state index in [1.54, 1.807) is 17.7 Å². The van der Waals surface area contributed by atoms with E-state index in [9.17, 15) is 0 Å². The summed E-state index contributed by atoms with van der Waals surface area (Å²) in [4.78, 5) is 9.74. The predicted molar refractivity (Wildman–Crippen MR) is 89.2 cm³/mol. The average molecular weight is 313 g/mol. The third kappa shape index (κ3) is 2.47. The molecule has 1 fully saturated rings. The first-order valence-electron chi connectivity index (χ1n) is 7.78. The van der Waals surface area contributed by atoms with Crippen LogP contribution in [0.1, 0.15) is 43.0 Å². The molecule has 114 valence electrons. The van der Waals surface area contributed by atoms with Gasteiger partial charge in [0, 0.05) is 6.20 Å². The van der Waals surface area contributed by atoms with Crippen molar-refractivity contribution in [2.75, 3.05) is 5.32 Å². The van der Waals surface area contributed by atoms with Crippen LogP contribution in [0.3, 0.4) is 0 Å². The monoisotopic (exact) mass is 313 g/mol. The summed E-state index contributed by atoms with van der Waals surface area (Å²) in [7, 11) is 0. The van der Waals surface area contributed by atoms with Crippen LogP contribution >= 0.6 is 11.3 Å². The van der Waals surface area contributed by atoms with Gasteiger partial charge in [-0.15, -0.1) is 11.3 Å². The molecule has 5 nitrogen and oxygen atoms in total. The summed E-state index contributed by atoms with van der Waals surface area (Å²) < 4.78 is 2.13. The van der Waals surface area contributed by atoms with Crippen molar-refractivity contribution in [1.29, 1.82) is 0 Å². The molecule has 3 aromatic rings. The highest BCUT2D eigenvalue weighted by molar-refractivity contribution is 7.17. The third-order valence-corrected chi connectivity index (χ3v) is 5.36. The molecular weight excluding hydrogens is 294 g/mol. The van der Waals surface area contributed by atoms with E-state index in [2.05, 4.69) is 44.5 Å². The largest absolute Gasteiger partial charge is 0.364 e. The standard InChI is InChI=1S/C16H19N5S/c1-11-9-22-16-14(11)15(18-10-19-16)17-8-12-6-7-21(20-12)13-4-2-3-5-13/h6-7,9-10,13H,2-5,8H2,1H3,(H,17,18,19). The number of thiophene rings is 1. The zero-order valence-electron chi connectivity index (χ0n) is 12.6. The Labute approximate surface area is 133 Å². The van der Waals surface area contributed by atoms with Gasteiger partial charge in [0.05, 0.1) is 23.7 Å². The van der Waals surface area contributed by atoms with Crippen molar-refractivity contribution in [1.82, 2.24) is 19.7 Å². The maximum absolute atomic E-state index is 4.71. The van der Waals surface area contributed by atoms with E-state index in [4.69, 9.17) is 5.10 Å². The van der Waals surface area contributed by atoms with Crippen LogP contribution in [0.5, 0.6) is 0 Å². The molecular formula is C16H19N5S. The number of fused-ring (bicyclic) bond motifs is 1. The van der Waals surface area contributed by atoms with Gasteiger partial charge in [0.15, 0.2) is 0 Å². The molecule has 3 aromatic heterocycles. The van der Waals surface area contributed by atoms with E-state index in [1.165, 1.54) is 31.2 Å². The minimum atomic E-state index is 0.596. The normalized spacial score (nSPS) is 15.7. The van der Waals surface area contributed by atoms with E-state index >= 15 is 0 Å². The molecule has 0 aliphatic heterocycles. The van der Waals surface area contributed by atoms with Crippen molar-refractivity contribution >= 4 is 27.4 Å². The lowest BCUT2D eigenvalue weighted by molar-refractivity contribution is 0.463. The molecule has 1 saturated carbocycles. The Hall–Kier alpha value is -1.95. The van der Waals surface area contributed by atoms with Gasteiger partial charge in [-0.3, -0.25) is 4.68 Å². The fourth-order valence-electron chi connectivity index (χ4n) is 3.17. The first-order valence-corrected chi connectivity index (χ1v) is 8.66. The van der Waals surface area contributed by atoms with Crippen LogP contribution in [0.25, 0.3) is 10.2 Å². The number of nitrogens with zero attached hydrogens (tertiary/aromatic N) is 4. The maximum atomic E-state index is 4.71. The van der Waals surface area contributed by atoms with Gasteiger partial charge in [-0.05, 0) is 36.8 Å². The SMILES string of the molecule is Cc1csc2ncnc(NCc3ccn(C4CCCC4)n3)c12. The summed E-state index contributed by atoms with van der Waals surface area (Å²) in [5.41, 5.74) is 2.28. The van der Waals surface area contributed by atoms with Crippen molar-refractivity contribution in [2.45, 2.75) is 45.2 Å². The van der Waals surface area contributed by atoms with Crippen LogP contribution in [0.15, 0.2) is 24.0 Å². The highest BCUT2D eigenvalue weighted by Crippen LogP contribution is 2.30. The van der Waals surface area contributed by atoms with Gasteiger partial charge in [-0.1, -0.05) is 12.8 Å². The first kappa shape index (κ1) is 13.7. The van der Waals surface area contributed by atoms with Gasteiger partial charge in [-0.2, -0.15) is 5.10 Å². The lowest BCUT2D eigenvalue weighted by Gasteiger charge is -2.09. The van der Waals surface area contributed by atoms with Crippen LogP contribution in [0, 0.1) is 6.92 Å². The molecule has 0 bridgehead atoms. The Morgan fingerprint density at radius 3 is 3.05 bits per heavy atom. The number of nitrogens with one attached hydrogen (secondary N) is 1. The molecule has 4 rings (SSSR count). The molecule has 3 heterocycles. The molecule has 1 aliphatic rings. The van der Waals surface area contributed by atoms with Gasteiger partial charge < -0.3 is 5.32 Å². The van der Waals surface area contributed by atoms with Crippen molar-refractivity contribution in [3.8, 4) is 0 Å². The van der Waals surface area contributed by atoms with Gasteiger partial charge in [0.2, 0.25) is 0 Å². The lowest BCUT2D eigenvalue weighted by Crippen LogP contribution is -2.07. The molecule has 6 heteroatoms. The summed E-state index contributed by atoms with van der Waals surface area (Å²) >= 11 is 1.66. The second-order valence-corrected chi connectivity index (χ2v) is 6.76. The highest BCUT2D eigenvalue weighted by Gasteiger charge is 2.17. The summed E-state index contributed by atoms with van der Waals surface area (Å²) in [6.45, 7) is 2.79. The van der Waals surface area contributed by atoms with Crippen LogP contribution in [-0.2, 0) is 6.54 Å². The molecule has 0 atom stereocenters. The second-order valence-electron chi connectivity index (χ2n) is 5.90. The molecule has 22 heavy (non-hydrogen) atoms. The molecule has 0 aromatic carbocycles. The molecule has 0 spiro atoms. The minimum Gasteiger partial charge on any atom is -0.364 e. The Morgan fingerprint density at radius 2 is 2.18 bits per heavy atom. The van der Waals surface area contributed by atoms with Gasteiger partial charge in [0.25, 0.3) is 0 Å². The number of aryl methyl sites for hydroxylation is 1. The summed E-state index contributed by atoms with van der Waals surface area (Å²) in [5, 5.41) is 11.4. The summed E-state index contributed by atoms with van der Waals surface area (Å²) in [6.07, 6.45) is 8.91. The van der Waals surface area contributed by atoms with Crippen molar-refractivity contribution in [3.05, 3.63) is 35.2 Å². The Balaban J connectivity index is 1.51. The zero-order valence-corrected chi connectivity index (χ0v) is 13.4. The molecule has 0 saturated heterocycles. The maximum Gasteiger partial charge on any atom is 0.138 e. The molecule has 1 N–H and O–H groups in total. The van der Waals surface area contributed by atoms with E-state index in [-0.39, 0.29) is 0 Å². The van der Waals surface area contributed by atoms with E-state index < -0.39 is 0 Å². The highest BCUT2D eigenvalue weighted by atomic mass is 32.1. The van der Waals surface area contributed by atoms with Crippen LogP contribution < -0.4 is 5.32 Å². The van der Waals surface area contributed by atoms with Gasteiger partial charge >= 0.3 is 0 Å². The van der Waals surface area contributed by atoms with Crippen LogP contribution in [-0.4, -0.2) is 19.7 Å². The fraction of sp³-hybridized carbons (Fsp3) is 0.438. The van der Waals surface area contributed by atoms with Crippen molar-refractivity contribution in [3.63, 3.8) is 0 Å². The topological polar surface area (TPSA) is 55.6 Å². The minimum absolute atomic E-state index is 0.596. The Kier molecular flexibility index (Phi) is 3.54. The number of hydrogen-bond acceptors (Lipinski definition) is 5. The molecule has 0 unspecified atom stereocenters. The van der Waals surface area contributed by atoms with E-state index in [0.29, 0.717) is 12.6 Å². The smallest absolute Gasteiger partial charge is 0.138 e. The molecule has 0 radical (unpaired) electrons. The van der Waals surface area contributed by atoms with E-state index in [0.717, 1.165) is 21.7 Å². The summed E-state index contributed by atoms with van der Waals surface area (Å²) in [5.74, 6) is 0.902. The van der Waals surface area contributed by atoms with Crippen molar-refractivity contribution < 1.29 is 0 Å². The van der Waals surface area contributed by atoms with E-state index in [1.807, 2.05) is 0 Å². The average Bonchev–Trinajstić information content (AvgIpc) is 3.26. The Bertz CT molecular complexity index is 785. The number of rotatable bonds is 4. The summed E-state index contributed by atoms with van der Waals surface area (Å²) in [6, 6.07) is 2.70. The third-order valence-electron chi connectivity index (χ3n) is 4.35. The number of hydrogen-bond donors (Lipinski definition) is 1. The zero-order chi connectivity index (χ0) is 14.9. The number of aromatic nitrogens is 4. The Morgan fingerprint density at radius 1 is 1.32 bits per heavy atom. The number of anilines is 1. The van der Waals surface area contributed by atoms with Crippen molar-refractivity contribution in [2.24, 2.45) is 0 Å². The fourth-order valence-corrected chi connectivity index (χ4v) is 4.06. The lowest BCUT2D eigenvalue weighted by atomic mass is 10.2. The van der Waals surface area contributed by atoms with Crippen LogP contribution in [0.2, 0.25) is 0 Å². The first-order chi connectivity index (χ1) is 10.8. The molecule has 0 amide bonds. The van der Waals surface area contributed by atoms with Gasteiger partial charge in [-0.25, -0.2) is 9.97 Å². The second kappa shape index (κ2) is 5.68. The quantitative estimate of drug-likeness (QED) is 0.793.